The van der Waals surface area contributed by atoms with Crippen LogP contribution in [-0.2, 0) is 4.79 Å². The molecule has 2 rings (SSSR count). The summed E-state index contributed by atoms with van der Waals surface area (Å²) in [6.45, 7) is 2.03. The summed E-state index contributed by atoms with van der Waals surface area (Å²) in [7, 11) is 0. The zero-order valence-electron chi connectivity index (χ0n) is 9.10. The van der Waals surface area contributed by atoms with Crippen molar-refractivity contribution in [1.82, 2.24) is 4.90 Å². The third-order valence-corrected chi connectivity index (χ3v) is 4.01. The number of terminal acetylenes is 1. The van der Waals surface area contributed by atoms with Gasteiger partial charge in [-0.25, -0.2) is 0 Å². The molecule has 1 aliphatic rings. The number of thioether (sulfide) groups is 1. The number of carbonyl (C=O) groups excluding carboxylic acids is 2. The number of rotatable bonds is 2. The lowest BCUT2D eigenvalue weighted by atomic mass is 10.3. The molecule has 1 saturated heterocycles. The Morgan fingerprint density at radius 3 is 2.82 bits per heavy atom. The molecule has 5 heteroatoms. The highest BCUT2D eigenvalue weighted by Crippen LogP contribution is 2.33. The minimum Gasteiger partial charge on any atom is -0.268 e. The molecule has 2 amide bonds. The van der Waals surface area contributed by atoms with Crippen molar-refractivity contribution in [3.05, 3.63) is 26.8 Å². The monoisotopic (exact) mass is 263 g/mol. The maximum absolute atomic E-state index is 11.8. The van der Waals surface area contributed by atoms with E-state index < -0.39 is 0 Å². The van der Waals surface area contributed by atoms with Crippen LogP contribution in [0.3, 0.4) is 0 Å². The average Bonchev–Trinajstić information content (AvgIpc) is 2.79. The molecule has 0 radical (unpaired) electrons. The molecule has 86 valence electrons. The maximum Gasteiger partial charge on any atom is 0.294 e. The number of carbonyl (C=O) groups is 2. The van der Waals surface area contributed by atoms with Gasteiger partial charge in [-0.1, -0.05) is 5.92 Å². The third-order valence-electron chi connectivity index (χ3n) is 2.16. The predicted molar refractivity (Wildman–Crippen MR) is 70.6 cm³/mol. The zero-order valence-corrected chi connectivity index (χ0v) is 10.7. The van der Waals surface area contributed by atoms with E-state index in [2.05, 4.69) is 5.92 Å². The van der Waals surface area contributed by atoms with Gasteiger partial charge < -0.3 is 0 Å². The minimum absolute atomic E-state index is 0.0332. The van der Waals surface area contributed by atoms with Crippen LogP contribution in [0, 0.1) is 19.3 Å². The molecule has 0 aromatic carbocycles. The van der Waals surface area contributed by atoms with E-state index in [0.717, 1.165) is 21.5 Å². The van der Waals surface area contributed by atoms with Crippen molar-refractivity contribution in [2.45, 2.75) is 6.92 Å². The second-order valence-corrected chi connectivity index (χ2v) is 5.73. The molecule has 3 nitrogen and oxygen atoms in total. The average molecular weight is 263 g/mol. The van der Waals surface area contributed by atoms with E-state index in [0.29, 0.717) is 4.91 Å². The molecule has 17 heavy (non-hydrogen) atoms. The summed E-state index contributed by atoms with van der Waals surface area (Å²) in [5.41, 5.74) is 0. The molecule has 0 saturated carbocycles. The Bertz CT molecular complexity index is 551. The summed E-state index contributed by atoms with van der Waals surface area (Å²) in [5, 5.41) is -0.299. The highest BCUT2D eigenvalue weighted by molar-refractivity contribution is 8.18. The molecule has 0 spiro atoms. The number of nitrogens with zero attached hydrogens (tertiary/aromatic N) is 1. The van der Waals surface area contributed by atoms with Crippen LogP contribution in [0.5, 0.6) is 0 Å². The Hall–Kier alpha value is -1.51. The first-order valence-electron chi connectivity index (χ1n) is 4.87. The Morgan fingerprint density at radius 2 is 2.24 bits per heavy atom. The zero-order chi connectivity index (χ0) is 12.4. The molecule has 0 N–H and O–H groups in total. The molecule has 1 fully saturated rings. The molecular weight excluding hydrogens is 254 g/mol. The first kappa shape index (κ1) is 12.0. The SMILES string of the molecule is C#CCN1C(=O)SC(=Cc2ccc(C)s2)C1=O. The van der Waals surface area contributed by atoms with E-state index in [1.807, 2.05) is 19.1 Å². The van der Waals surface area contributed by atoms with E-state index in [1.54, 1.807) is 17.4 Å². The summed E-state index contributed by atoms with van der Waals surface area (Å²) >= 11 is 2.52. The molecule has 0 aliphatic carbocycles. The van der Waals surface area contributed by atoms with Gasteiger partial charge in [0.25, 0.3) is 11.1 Å². The lowest BCUT2D eigenvalue weighted by Gasteiger charge is -2.06. The van der Waals surface area contributed by atoms with Gasteiger partial charge in [0.15, 0.2) is 0 Å². The van der Waals surface area contributed by atoms with E-state index in [4.69, 9.17) is 6.42 Å². The summed E-state index contributed by atoms with van der Waals surface area (Å²) in [5.74, 6) is 2.00. The van der Waals surface area contributed by atoms with Gasteiger partial charge in [-0.3, -0.25) is 14.5 Å². The number of aryl methyl sites for hydroxylation is 1. The molecule has 0 atom stereocenters. The molecular formula is C12H9NO2S2. The lowest BCUT2D eigenvalue weighted by Crippen LogP contribution is -2.28. The fourth-order valence-corrected chi connectivity index (χ4v) is 3.11. The van der Waals surface area contributed by atoms with Crippen molar-refractivity contribution in [1.29, 1.82) is 0 Å². The smallest absolute Gasteiger partial charge is 0.268 e. The van der Waals surface area contributed by atoms with Gasteiger partial charge >= 0.3 is 0 Å². The van der Waals surface area contributed by atoms with Crippen LogP contribution in [-0.4, -0.2) is 22.6 Å². The molecule has 0 unspecified atom stereocenters. The van der Waals surface area contributed by atoms with Gasteiger partial charge in [0, 0.05) is 9.75 Å². The Labute approximate surface area is 108 Å². The lowest BCUT2D eigenvalue weighted by molar-refractivity contribution is -0.122. The normalized spacial score (nSPS) is 17.9. The molecule has 0 bridgehead atoms. The van der Waals surface area contributed by atoms with Crippen molar-refractivity contribution < 1.29 is 9.59 Å². The number of amides is 2. The largest absolute Gasteiger partial charge is 0.294 e. The first-order chi connectivity index (χ1) is 8.11. The summed E-state index contributed by atoms with van der Waals surface area (Å²) < 4.78 is 0. The highest BCUT2D eigenvalue weighted by Gasteiger charge is 2.34. The molecule has 1 aromatic heterocycles. The summed E-state index contributed by atoms with van der Waals surface area (Å²) in [4.78, 5) is 27.0. The van der Waals surface area contributed by atoms with Gasteiger partial charge in [-0.15, -0.1) is 17.8 Å². The van der Waals surface area contributed by atoms with Gasteiger partial charge in [0.1, 0.15) is 0 Å². The second-order valence-electron chi connectivity index (χ2n) is 3.42. The van der Waals surface area contributed by atoms with Gasteiger partial charge in [0.05, 0.1) is 11.4 Å². The van der Waals surface area contributed by atoms with E-state index in [1.165, 1.54) is 4.88 Å². The third kappa shape index (κ3) is 2.43. The van der Waals surface area contributed by atoms with E-state index in [9.17, 15) is 9.59 Å². The summed E-state index contributed by atoms with van der Waals surface area (Å²) in [6.07, 6.45) is 6.85. The Balaban J connectivity index is 2.25. The molecule has 2 heterocycles. The van der Waals surface area contributed by atoms with Crippen LogP contribution >= 0.6 is 23.1 Å². The predicted octanol–water partition coefficient (Wildman–Crippen LogP) is 2.73. The van der Waals surface area contributed by atoms with Crippen molar-refractivity contribution in [3.8, 4) is 12.3 Å². The van der Waals surface area contributed by atoms with E-state index >= 15 is 0 Å². The van der Waals surface area contributed by atoms with Crippen molar-refractivity contribution >= 4 is 40.3 Å². The highest BCUT2D eigenvalue weighted by atomic mass is 32.2. The molecule has 1 aromatic rings. The number of imide groups is 1. The van der Waals surface area contributed by atoms with Crippen molar-refractivity contribution in [2.75, 3.05) is 6.54 Å². The van der Waals surface area contributed by atoms with Crippen LogP contribution in [0.1, 0.15) is 9.75 Å². The Morgan fingerprint density at radius 1 is 1.47 bits per heavy atom. The topological polar surface area (TPSA) is 37.4 Å². The Kier molecular flexibility index (Phi) is 3.36. The van der Waals surface area contributed by atoms with Crippen molar-refractivity contribution in [3.63, 3.8) is 0 Å². The fourth-order valence-electron chi connectivity index (χ4n) is 1.39. The van der Waals surface area contributed by atoms with Crippen LogP contribution in [0.4, 0.5) is 4.79 Å². The van der Waals surface area contributed by atoms with Gasteiger partial charge in [-0.05, 0) is 36.9 Å². The fraction of sp³-hybridized carbons (Fsp3) is 0.167. The maximum atomic E-state index is 11.8. The number of thiophene rings is 1. The first-order valence-corrected chi connectivity index (χ1v) is 6.50. The number of hydrogen-bond acceptors (Lipinski definition) is 4. The van der Waals surface area contributed by atoms with Crippen LogP contribution < -0.4 is 0 Å². The van der Waals surface area contributed by atoms with Crippen molar-refractivity contribution in [2.24, 2.45) is 0 Å². The standard InChI is InChI=1S/C12H9NO2S2/c1-3-6-13-11(14)10(17-12(13)15)7-9-5-4-8(2)16-9/h1,4-5,7H,6H2,2H3. The van der Waals surface area contributed by atoms with E-state index in [-0.39, 0.29) is 17.7 Å². The minimum atomic E-state index is -0.302. The summed E-state index contributed by atoms with van der Waals surface area (Å²) in [6, 6.07) is 3.90. The van der Waals surface area contributed by atoms with Crippen LogP contribution in [0.15, 0.2) is 17.0 Å². The van der Waals surface area contributed by atoms with Crippen LogP contribution in [0.25, 0.3) is 6.08 Å². The van der Waals surface area contributed by atoms with Gasteiger partial charge in [-0.2, -0.15) is 0 Å². The quantitative estimate of drug-likeness (QED) is 0.608. The van der Waals surface area contributed by atoms with Crippen LogP contribution in [0.2, 0.25) is 0 Å². The molecule has 1 aliphatic heterocycles. The number of hydrogen-bond donors (Lipinski definition) is 0. The second kappa shape index (κ2) is 4.78. The van der Waals surface area contributed by atoms with Gasteiger partial charge in [0.2, 0.25) is 0 Å².